The molecule has 3 aromatic rings. The van der Waals surface area contributed by atoms with Gasteiger partial charge in [-0.15, -0.1) is 0 Å². The monoisotopic (exact) mass is 333 g/mol. The Morgan fingerprint density at radius 1 is 1.12 bits per heavy atom. The van der Waals surface area contributed by atoms with Crippen molar-refractivity contribution in [3.63, 3.8) is 0 Å². The number of H-pyrrole nitrogens is 1. The molecule has 0 saturated carbocycles. The molecule has 0 aliphatic carbocycles. The Balaban J connectivity index is 1.90. The molecule has 4 heteroatoms. The van der Waals surface area contributed by atoms with Gasteiger partial charge in [-0.3, -0.25) is 9.89 Å². The average molecular weight is 333 g/mol. The van der Waals surface area contributed by atoms with Crippen molar-refractivity contribution in [3.05, 3.63) is 70.9 Å². The molecular weight excluding hydrogens is 310 g/mol. The first-order valence-corrected chi connectivity index (χ1v) is 8.57. The lowest BCUT2D eigenvalue weighted by Gasteiger charge is -2.10. The predicted molar refractivity (Wildman–Crippen MR) is 102 cm³/mol. The van der Waals surface area contributed by atoms with E-state index < -0.39 is 0 Å². The first kappa shape index (κ1) is 17.0. The van der Waals surface area contributed by atoms with Crippen molar-refractivity contribution in [2.24, 2.45) is 0 Å². The van der Waals surface area contributed by atoms with E-state index in [1.807, 2.05) is 37.3 Å². The number of aromatic nitrogens is 2. The Labute approximate surface area is 148 Å². The number of aromatic amines is 1. The fourth-order valence-electron chi connectivity index (χ4n) is 3.01. The van der Waals surface area contributed by atoms with E-state index in [0.29, 0.717) is 6.42 Å². The topological polar surface area (TPSA) is 57.8 Å². The van der Waals surface area contributed by atoms with Crippen LogP contribution < -0.4 is 5.32 Å². The number of rotatable bonds is 5. The fraction of sp³-hybridized carbons (Fsp3) is 0.238. The van der Waals surface area contributed by atoms with Crippen LogP contribution in [0.4, 0.5) is 5.69 Å². The molecular formula is C21H23N3O. The highest BCUT2D eigenvalue weighted by molar-refractivity contribution is 5.97. The summed E-state index contributed by atoms with van der Waals surface area (Å²) in [5, 5.41) is 10.6. The number of nitrogens with one attached hydrogen (secondary N) is 2. The summed E-state index contributed by atoms with van der Waals surface area (Å²) in [6, 6.07) is 16.0. The van der Waals surface area contributed by atoms with Gasteiger partial charge in [0.2, 0.25) is 5.91 Å². The van der Waals surface area contributed by atoms with Gasteiger partial charge >= 0.3 is 0 Å². The number of carbonyl (C=O) groups is 1. The van der Waals surface area contributed by atoms with E-state index in [0.717, 1.165) is 40.2 Å². The summed E-state index contributed by atoms with van der Waals surface area (Å²) in [6.45, 7) is 6.19. The van der Waals surface area contributed by atoms with Crippen molar-refractivity contribution in [2.45, 2.75) is 33.6 Å². The van der Waals surface area contributed by atoms with Gasteiger partial charge in [-0.1, -0.05) is 61.0 Å². The Bertz CT molecular complexity index is 881. The first-order valence-electron chi connectivity index (χ1n) is 8.57. The van der Waals surface area contributed by atoms with E-state index in [4.69, 9.17) is 0 Å². The highest BCUT2D eigenvalue weighted by Crippen LogP contribution is 2.32. The molecule has 25 heavy (non-hydrogen) atoms. The van der Waals surface area contributed by atoms with E-state index in [2.05, 4.69) is 47.6 Å². The van der Waals surface area contributed by atoms with Gasteiger partial charge in [0.1, 0.15) is 5.69 Å². The van der Waals surface area contributed by atoms with Crippen LogP contribution in [0.3, 0.4) is 0 Å². The van der Waals surface area contributed by atoms with Crippen LogP contribution in [0.15, 0.2) is 48.5 Å². The van der Waals surface area contributed by atoms with Crippen molar-refractivity contribution in [3.8, 4) is 11.3 Å². The second-order valence-electron chi connectivity index (χ2n) is 6.31. The maximum Gasteiger partial charge on any atom is 0.228 e. The van der Waals surface area contributed by atoms with E-state index in [1.54, 1.807) is 0 Å². The Morgan fingerprint density at radius 3 is 2.56 bits per heavy atom. The number of hydrogen-bond acceptors (Lipinski definition) is 2. The van der Waals surface area contributed by atoms with E-state index in [1.165, 1.54) is 5.56 Å². The van der Waals surface area contributed by atoms with Crippen LogP contribution in [-0.2, 0) is 17.6 Å². The van der Waals surface area contributed by atoms with Gasteiger partial charge in [-0.25, -0.2) is 0 Å². The molecule has 0 unspecified atom stereocenters. The number of carbonyl (C=O) groups excluding carboxylic acids is 1. The molecule has 1 amide bonds. The molecule has 3 rings (SSSR count). The van der Waals surface area contributed by atoms with E-state index in [-0.39, 0.29) is 5.91 Å². The summed E-state index contributed by atoms with van der Waals surface area (Å²) in [7, 11) is 0. The number of hydrogen-bond donors (Lipinski definition) is 2. The summed E-state index contributed by atoms with van der Waals surface area (Å²) >= 11 is 0. The second-order valence-corrected chi connectivity index (χ2v) is 6.31. The summed E-state index contributed by atoms with van der Waals surface area (Å²) in [4.78, 5) is 12.5. The predicted octanol–water partition coefficient (Wildman–Crippen LogP) is 4.44. The molecule has 0 bridgehead atoms. The van der Waals surface area contributed by atoms with Gasteiger partial charge in [0.05, 0.1) is 17.8 Å². The third-order valence-electron chi connectivity index (χ3n) is 4.30. The zero-order valence-electron chi connectivity index (χ0n) is 14.9. The molecule has 0 fully saturated rings. The van der Waals surface area contributed by atoms with Gasteiger partial charge in [0.15, 0.2) is 0 Å². The zero-order chi connectivity index (χ0) is 17.8. The quantitative estimate of drug-likeness (QED) is 0.725. The Kier molecular flexibility index (Phi) is 4.98. The standard InChI is InChI=1S/C21H23N3O/c1-4-18-21(22-19(25)13-16-8-6-5-7-9-16)20(24-23-18)17-11-10-14(2)12-15(17)3/h5-12H,4,13H2,1-3H3,(H,22,25)(H,23,24). The van der Waals surface area contributed by atoms with Crippen molar-refractivity contribution in [1.82, 2.24) is 10.2 Å². The van der Waals surface area contributed by atoms with Crippen molar-refractivity contribution in [2.75, 3.05) is 5.32 Å². The Morgan fingerprint density at radius 2 is 1.88 bits per heavy atom. The zero-order valence-corrected chi connectivity index (χ0v) is 14.9. The van der Waals surface area contributed by atoms with Crippen molar-refractivity contribution >= 4 is 11.6 Å². The molecule has 2 aromatic carbocycles. The number of amides is 1. The summed E-state index contributed by atoms with van der Waals surface area (Å²) in [6.07, 6.45) is 1.13. The van der Waals surface area contributed by atoms with Gasteiger partial charge in [0, 0.05) is 5.56 Å². The minimum Gasteiger partial charge on any atom is -0.322 e. The number of aryl methyl sites for hydroxylation is 3. The molecule has 0 aliphatic rings. The average Bonchev–Trinajstić information content (AvgIpc) is 2.98. The highest BCUT2D eigenvalue weighted by atomic mass is 16.1. The minimum absolute atomic E-state index is 0.0340. The number of anilines is 1. The molecule has 0 saturated heterocycles. The molecule has 0 radical (unpaired) electrons. The van der Waals surface area contributed by atoms with Crippen molar-refractivity contribution < 1.29 is 4.79 Å². The van der Waals surface area contributed by atoms with E-state index >= 15 is 0 Å². The number of benzene rings is 2. The van der Waals surface area contributed by atoms with Crippen LogP contribution in [0, 0.1) is 13.8 Å². The minimum atomic E-state index is -0.0340. The van der Waals surface area contributed by atoms with Gasteiger partial charge in [-0.2, -0.15) is 5.10 Å². The first-order chi connectivity index (χ1) is 12.1. The SMILES string of the molecule is CCc1[nH]nc(-c2ccc(C)cc2C)c1NC(=O)Cc1ccccc1. The van der Waals surface area contributed by atoms with Gasteiger partial charge < -0.3 is 5.32 Å². The molecule has 2 N–H and O–H groups in total. The van der Waals surface area contributed by atoms with Crippen LogP contribution in [-0.4, -0.2) is 16.1 Å². The fourth-order valence-corrected chi connectivity index (χ4v) is 3.01. The van der Waals surface area contributed by atoms with Crippen LogP contribution >= 0.6 is 0 Å². The van der Waals surface area contributed by atoms with Gasteiger partial charge in [-0.05, 0) is 31.4 Å². The summed E-state index contributed by atoms with van der Waals surface area (Å²) < 4.78 is 0. The molecule has 0 aliphatic heterocycles. The van der Waals surface area contributed by atoms with Gasteiger partial charge in [0.25, 0.3) is 0 Å². The molecule has 128 valence electrons. The summed E-state index contributed by atoms with van der Waals surface area (Å²) in [5.74, 6) is -0.0340. The smallest absolute Gasteiger partial charge is 0.228 e. The lowest BCUT2D eigenvalue weighted by atomic mass is 10.0. The van der Waals surface area contributed by atoms with E-state index in [9.17, 15) is 4.79 Å². The van der Waals surface area contributed by atoms with Crippen molar-refractivity contribution in [1.29, 1.82) is 0 Å². The second kappa shape index (κ2) is 7.34. The van der Waals surface area contributed by atoms with Crippen LogP contribution in [0.25, 0.3) is 11.3 Å². The van der Waals surface area contributed by atoms with Crippen LogP contribution in [0.5, 0.6) is 0 Å². The normalized spacial score (nSPS) is 10.7. The third-order valence-corrected chi connectivity index (χ3v) is 4.30. The number of nitrogens with zero attached hydrogens (tertiary/aromatic N) is 1. The highest BCUT2D eigenvalue weighted by Gasteiger charge is 2.18. The largest absolute Gasteiger partial charge is 0.322 e. The molecule has 4 nitrogen and oxygen atoms in total. The lowest BCUT2D eigenvalue weighted by Crippen LogP contribution is -2.15. The molecule has 0 atom stereocenters. The third kappa shape index (κ3) is 3.79. The Hall–Kier alpha value is -2.88. The maximum absolute atomic E-state index is 12.5. The molecule has 1 aromatic heterocycles. The van der Waals surface area contributed by atoms with Crippen LogP contribution in [0.2, 0.25) is 0 Å². The maximum atomic E-state index is 12.5. The molecule has 0 spiro atoms. The molecule has 1 heterocycles. The van der Waals surface area contributed by atoms with Crippen LogP contribution in [0.1, 0.15) is 29.3 Å². The lowest BCUT2D eigenvalue weighted by molar-refractivity contribution is -0.115. The summed E-state index contributed by atoms with van der Waals surface area (Å²) in [5.41, 5.74) is 6.92.